The van der Waals surface area contributed by atoms with Gasteiger partial charge in [-0.2, -0.15) is 4.52 Å². The highest BCUT2D eigenvalue weighted by Crippen LogP contribution is 2.23. The number of nitrogens with zero attached hydrogens (tertiary/aromatic N) is 4. The minimum atomic E-state index is -3.66. The summed E-state index contributed by atoms with van der Waals surface area (Å²) in [6.07, 6.45) is 0. The van der Waals surface area contributed by atoms with Crippen LogP contribution >= 0.6 is 0 Å². The van der Waals surface area contributed by atoms with E-state index in [2.05, 4.69) is 20.0 Å². The van der Waals surface area contributed by atoms with Gasteiger partial charge < -0.3 is 14.2 Å². The van der Waals surface area contributed by atoms with Crippen molar-refractivity contribution in [3.8, 4) is 28.8 Å². The van der Waals surface area contributed by atoms with E-state index in [0.29, 0.717) is 35.5 Å². The second kappa shape index (κ2) is 9.84. The van der Waals surface area contributed by atoms with E-state index >= 15 is 0 Å². The first-order valence-electron chi connectivity index (χ1n) is 10.2. The Bertz CT molecular complexity index is 1340. The maximum absolute atomic E-state index is 12.5. The molecule has 0 saturated heterocycles. The lowest BCUT2D eigenvalue weighted by Crippen LogP contribution is -2.28. The van der Waals surface area contributed by atoms with Crippen molar-refractivity contribution in [3.63, 3.8) is 0 Å². The summed E-state index contributed by atoms with van der Waals surface area (Å²) in [5, 5.41) is 12.7. The molecule has 0 radical (unpaired) electrons. The highest BCUT2D eigenvalue weighted by atomic mass is 32.2. The summed E-state index contributed by atoms with van der Waals surface area (Å²) in [4.78, 5) is 0.151. The first-order chi connectivity index (χ1) is 16.0. The van der Waals surface area contributed by atoms with E-state index < -0.39 is 10.0 Å². The van der Waals surface area contributed by atoms with Gasteiger partial charge in [0.25, 0.3) is 0 Å². The summed E-state index contributed by atoms with van der Waals surface area (Å²) in [6.45, 7) is 2.53. The maximum atomic E-state index is 12.5. The van der Waals surface area contributed by atoms with E-state index in [-0.39, 0.29) is 18.0 Å². The summed E-state index contributed by atoms with van der Waals surface area (Å²) < 4.78 is 45.2. The Hall–Kier alpha value is -3.70. The van der Waals surface area contributed by atoms with Crippen LogP contribution in [0.3, 0.4) is 0 Å². The third-order valence-corrected chi connectivity index (χ3v) is 6.13. The highest BCUT2D eigenvalue weighted by Gasteiger charge is 2.14. The molecule has 0 aliphatic heterocycles. The number of sulfonamides is 1. The van der Waals surface area contributed by atoms with Gasteiger partial charge in [0.15, 0.2) is 11.5 Å². The molecule has 33 heavy (non-hydrogen) atoms. The molecule has 11 heteroatoms. The van der Waals surface area contributed by atoms with Crippen LogP contribution in [0.25, 0.3) is 17.0 Å². The molecule has 1 N–H and O–H groups in total. The zero-order chi connectivity index (χ0) is 23.3. The summed E-state index contributed by atoms with van der Waals surface area (Å²) >= 11 is 0. The van der Waals surface area contributed by atoms with Crippen LogP contribution in [-0.2, 0) is 10.0 Å². The first kappa shape index (κ1) is 22.5. The molecule has 2 heterocycles. The number of hydrogen-bond donors (Lipinski definition) is 1. The number of nitrogens with one attached hydrogen (secondary N) is 1. The van der Waals surface area contributed by atoms with E-state index in [9.17, 15) is 8.42 Å². The van der Waals surface area contributed by atoms with Crippen LogP contribution < -0.4 is 18.9 Å². The Kier molecular flexibility index (Phi) is 6.71. The molecule has 0 spiro atoms. The first-order valence-corrected chi connectivity index (χ1v) is 11.7. The molecule has 0 amide bonds. The fourth-order valence-corrected chi connectivity index (χ4v) is 4.10. The second-order valence-corrected chi connectivity index (χ2v) is 8.61. The van der Waals surface area contributed by atoms with E-state index in [1.807, 2.05) is 31.2 Å². The van der Waals surface area contributed by atoms with Crippen LogP contribution in [0.5, 0.6) is 17.4 Å². The number of ether oxygens (including phenoxy) is 3. The molecule has 0 unspecified atom stereocenters. The molecule has 4 aromatic rings. The zero-order valence-corrected chi connectivity index (χ0v) is 18.9. The van der Waals surface area contributed by atoms with Gasteiger partial charge in [0.2, 0.25) is 15.9 Å². The lowest BCUT2D eigenvalue weighted by Gasteiger charge is -2.09. The van der Waals surface area contributed by atoms with E-state index in [0.717, 1.165) is 5.56 Å². The molecule has 2 aromatic heterocycles. The smallest absolute Gasteiger partial charge is 0.240 e. The number of hydrogen-bond acceptors (Lipinski definition) is 8. The van der Waals surface area contributed by atoms with Crippen molar-refractivity contribution in [3.05, 3.63) is 60.7 Å². The molecule has 0 bridgehead atoms. The second-order valence-electron chi connectivity index (χ2n) is 6.85. The summed E-state index contributed by atoms with van der Waals surface area (Å²) in [7, 11) is -2.07. The van der Waals surface area contributed by atoms with Gasteiger partial charge in [0, 0.05) is 18.2 Å². The number of aromatic nitrogens is 4. The zero-order valence-electron chi connectivity index (χ0n) is 18.1. The van der Waals surface area contributed by atoms with Crippen molar-refractivity contribution in [1.29, 1.82) is 0 Å². The van der Waals surface area contributed by atoms with Gasteiger partial charge in [-0.25, -0.2) is 13.1 Å². The van der Waals surface area contributed by atoms with Crippen molar-refractivity contribution < 1.29 is 22.6 Å². The van der Waals surface area contributed by atoms with Crippen molar-refractivity contribution in [2.24, 2.45) is 0 Å². The van der Waals surface area contributed by atoms with Crippen molar-refractivity contribution in [2.75, 3.05) is 26.9 Å². The van der Waals surface area contributed by atoms with Crippen LogP contribution in [0.1, 0.15) is 6.92 Å². The third-order valence-electron chi connectivity index (χ3n) is 4.66. The largest absolute Gasteiger partial charge is 0.497 e. The minimum Gasteiger partial charge on any atom is -0.497 e. The van der Waals surface area contributed by atoms with E-state index in [1.165, 1.54) is 12.1 Å². The number of rotatable bonds is 10. The Labute approximate surface area is 191 Å². The molecule has 172 valence electrons. The predicted molar refractivity (Wildman–Crippen MR) is 121 cm³/mol. The van der Waals surface area contributed by atoms with E-state index in [4.69, 9.17) is 14.2 Å². The van der Waals surface area contributed by atoms with Gasteiger partial charge in [-0.3, -0.25) is 0 Å². The Morgan fingerprint density at radius 2 is 1.79 bits per heavy atom. The monoisotopic (exact) mass is 469 g/mol. The minimum absolute atomic E-state index is 0.0696. The fourth-order valence-electron chi connectivity index (χ4n) is 3.09. The van der Waals surface area contributed by atoms with Gasteiger partial charge in [0.05, 0.1) is 18.6 Å². The van der Waals surface area contributed by atoms with Crippen LogP contribution in [0.4, 0.5) is 0 Å². The number of methoxy groups -OCH3 is 1. The fraction of sp³-hybridized carbons (Fsp3) is 0.227. The van der Waals surface area contributed by atoms with Gasteiger partial charge in [-0.05, 0) is 49.4 Å². The predicted octanol–water partition coefficient (Wildman–Crippen LogP) is 2.56. The van der Waals surface area contributed by atoms with Crippen molar-refractivity contribution in [2.45, 2.75) is 11.8 Å². The topological polar surface area (TPSA) is 117 Å². The molecule has 4 rings (SSSR count). The van der Waals surface area contributed by atoms with Crippen LogP contribution in [0.15, 0.2) is 65.6 Å². The molecule has 0 aliphatic rings. The quantitative estimate of drug-likeness (QED) is 0.352. The average Bonchev–Trinajstić information content (AvgIpc) is 3.26. The Balaban J connectivity index is 1.40. The summed E-state index contributed by atoms with van der Waals surface area (Å²) in [6, 6.07) is 17.0. The highest BCUT2D eigenvalue weighted by molar-refractivity contribution is 7.89. The molecule has 10 nitrogen and oxygen atoms in total. The molecular weight excluding hydrogens is 446 g/mol. The van der Waals surface area contributed by atoms with Crippen LogP contribution in [-0.4, -0.2) is 55.1 Å². The van der Waals surface area contributed by atoms with E-state index in [1.54, 1.807) is 35.9 Å². The normalized spacial score (nSPS) is 11.5. The van der Waals surface area contributed by atoms with Crippen LogP contribution in [0.2, 0.25) is 0 Å². The van der Waals surface area contributed by atoms with Gasteiger partial charge in [-0.15, -0.1) is 15.3 Å². The number of fused-ring (bicyclic) bond motifs is 1. The third kappa shape index (κ3) is 5.21. The van der Waals surface area contributed by atoms with Crippen molar-refractivity contribution >= 4 is 15.7 Å². The Morgan fingerprint density at radius 3 is 2.55 bits per heavy atom. The molecule has 2 aromatic carbocycles. The van der Waals surface area contributed by atoms with Crippen molar-refractivity contribution in [1.82, 2.24) is 24.5 Å². The standard InChI is InChI=1S/C22H23N5O5S/c1-3-31-17-7-9-19(10-8-17)33(28,29)23-13-14-32-21-12-11-20-24-25-22(27(20)26-21)16-5-4-6-18(15-16)30-2/h4-12,15,23H,3,13-14H2,1-2H3. The molecule has 0 fully saturated rings. The van der Waals surface area contributed by atoms with Gasteiger partial charge >= 0.3 is 0 Å². The SMILES string of the molecule is CCOc1ccc(S(=O)(=O)NCCOc2ccc3nnc(-c4cccc(OC)c4)n3n2)cc1. The van der Waals surface area contributed by atoms with Gasteiger partial charge in [0.1, 0.15) is 18.1 Å². The number of benzene rings is 2. The van der Waals surface area contributed by atoms with Gasteiger partial charge in [-0.1, -0.05) is 12.1 Å². The molecule has 0 saturated carbocycles. The summed E-state index contributed by atoms with van der Waals surface area (Å²) in [5.41, 5.74) is 1.34. The molecule has 0 atom stereocenters. The average molecular weight is 470 g/mol. The maximum Gasteiger partial charge on any atom is 0.240 e. The lowest BCUT2D eigenvalue weighted by atomic mass is 10.2. The Morgan fingerprint density at radius 1 is 0.970 bits per heavy atom. The molecule has 0 aliphatic carbocycles. The lowest BCUT2D eigenvalue weighted by molar-refractivity contribution is 0.306. The van der Waals surface area contributed by atoms with Crippen LogP contribution in [0, 0.1) is 0 Å². The summed E-state index contributed by atoms with van der Waals surface area (Å²) in [5.74, 6) is 2.15. The molecular formula is C22H23N5O5S.